The van der Waals surface area contributed by atoms with Crippen LogP contribution in [0.25, 0.3) is 11.3 Å². The van der Waals surface area contributed by atoms with Crippen molar-refractivity contribution in [2.75, 3.05) is 31.7 Å². The third-order valence-electron chi connectivity index (χ3n) is 6.46. The molecule has 10 heteroatoms. The Labute approximate surface area is 205 Å². The summed E-state index contributed by atoms with van der Waals surface area (Å²) in [6.45, 7) is 2.20. The van der Waals surface area contributed by atoms with E-state index in [1.807, 2.05) is 6.07 Å². The van der Waals surface area contributed by atoms with Gasteiger partial charge in [0.05, 0.1) is 11.7 Å². The highest BCUT2D eigenvalue weighted by Gasteiger charge is 2.29. The monoisotopic (exact) mass is 495 g/mol. The lowest BCUT2D eigenvalue weighted by Crippen LogP contribution is -2.32. The number of rotatable bonds is 6. The predicted molar refractivity (Wildman–Crippen MR) is 129 cm³/mol. The van der Waals surface area contributed by atoms with Crippen molar-refractivity contribution in [2.24, 2.45) is 0 Å². The Bertz CT molecular complexity index is 1280. The maximum Gasteiger partial charge on any atom is 0.278 e. The molecule has 1 aromatic carbocycles. The molecular formula is C25H25N3O6S. The van der Waals surface area contributed by atoms with Gasteiger partial charge >= 0.3 is 0 Å². The summed E-state index contributed by atoms with van der Waals surface area (Å²) < 4.78 is 22.2. The van der Waals surface area contributed by atoms with Crippen LogP contribution in [0.5, 0.6) is 11.5 Å². The van der Waals surface area contributed by atoms with Crippen molar-refractivity contribution < 1.29 is 28.3 Å². The summed E-state index contributed by atoms with van der Waals surface area (Å²) in [5.74, 6) is 1.14. The molecule has 2 aliphatic heterocycles. The van der Waals surface area contributed by atoms with E-state index in [1.54, 1.807) is 18.2 Å². The molecule has 1 aliphatic carbocycles. The van der Waals surface area contributed by atoms with Gasteiger partial charge in [0, 0.05) is 29.7 Å². The largest absolute Gasteiger partial charge is 0.486 e. The van der Waals surface area contributed by atoms with Crippen LogP contribution in [0.15, 0.2) is 28.8 Å². The quantitative estimate of drug-likeness (QED) is 0.535. The van der Waals surface area contributed by atoms with E-state index in [2.05, 4.69) is 15.8 Å². The summed E-state index contributed by atoms with van der Waals surface area (Å²) in [5, 5.41) is 10.4. The third-order valence-corrected chi connectivity index (χ3v) is 7.67. The van der Waals surface area contributed by atoms with Crippen LogP contribution in [0, 0.1) is 0 Å². The van der Waals surface area contributed by atoms with Crippen molar-refractivity contribution in [3.8, 4) is 22.8 Å². The summed E-state index contributed by atoms with van der Waals surface area (Å²) >= 11 is 1.46. The van der Waals surface area contributed by atoms with Crippen molar-refractivity contribution in [3.05, 3.63) is 46.0 Å². The Morgan fingerprint density at radius 2 is 1.91 bits per heavy atom. The van der Waals surface area contributed by atoms with Crippen LogP contribution in [0.1, 0.15) is 50.5 Å². The standard InChI is InChI=1S/C25H25N3O6S/c29-23(17-12-19(34-28-17)14-6-7-18-20(11-14)33-10-9-32-18)27-25-22(16-4-1-5-21(16)35-25)24(30)26-13-15-3-2-8-31-15/h6-7,11-12,15H,1-5,8-10,13H2,(H,26,30)(H,27,29). The second kappa shape index (κ2) is 9.35. The van der Waals surface area contributed by atoms with Gasteiger partial charge in [-0.15, -0.1) is 11.3 Å². The molecule has 9 nitrogen and oxygen atoms in total. The molecule has 6 rings (SSSR count). The third kappa shape index (κ3) is 4.39. The molecule has 35 heavy (non-hydrogen) atoms. The lowest BCUT2D eigenvalue weighted by molar-refractivity contribution is 0.0858. The zero-order valence-electron chi connectivity index (χ0n) is 19.1. The molecule has 0 spiro atoms. The number of aryl methyl sites for hydroxylation is 1. The Kier molecular flexibility index (Phi) is 5.91. The SMILES string of the molecule is O=C(Nc1sc2c(c1C(=O)NCC1CCCO1)CCC2)c1cc(-c2ccc3c(c2)OCCO3)on1. The molecule has 3 aromatic rings. The Hall–Kier alpha value is -3.37. The molecule has 1 fully saturated rings. The molecule has 0 saturated carbocycles. The van der Waals surface area contributed by atoms with Crippen molar-refractivity contribution in [3.63, 3.8) is 0 Å². The number of ether oxygens (including phenoxy) is 3. The van der Waals surface area contributed by atoms with Gasteiger partial charge in [-0.25, -0.2) is 0 Å². The minimum absolute atomic E-state index is 0.0535. The number of aromatic nitrogens is 1. The van der Waals surface area contributed by atoms with Crippen LogP contribution in [-0.4, -0.2) is 49.4 Å². The Balaban J connectivity index is 1.19. The summed E-state index contributed by atoms with van der Waals surface area (Å²) in [4.78, 5) is 27.3. The van der Waals surface area contributed by atoms with Crippen molar-refractivity contribution in [1.82, 2.24) is 10.5 Å². The molecule has 3 aliphatic rings. The maximum absolute atomic E-state index is 13.1. The number of thiophene rings is 1. The van der Waals surface area contributed by atoms with E-state index in [-0.39, 0.29) is 17.7 Å². The second-order valence-electron chi connectivity index (χ2n) is 8.80. The number of fused-ring (bicyclic) bond motifs is 2. The minimum atomic E-state index is -0.425. The van der Waals surface area contributed by atoms with Gasteiger partial charge in [-0.1, -0.05) is 5.16 Å². The first-order chi connectivity index (χ1) is 17.2. The number of nitrogens with one attached hydrogen (secondary N) is 2. The molecule has 2 aromatic heterocycles. The number of hydrogen-bond acceptors (Lipinski definition) is 8. The summed E-state index contributed by atoms with van der Waals surface area (Å²) in [7, 11) is 0. The van der Waals surface area contributed by atoms with Crippen molar-refractivity contribution in [1.29, 1.82) is 0 Å². The molecule has 182 valence electrons. The first-order valence-corrected chi connectivity index (χ1v) is 12.7. The smallest absolute Gasteiger partial charge is 0.278 e. The number of amides is 2. The fraction of sp³-hybridized carbons (Fsp3) is 0.400. The summed E-state index contributed by atoms with van der Waals surface area (Å²) in [6, 6.07) is 7.02. The normalized spacial score (nSPS) is 18.3. The first-order valence-electron chi connectivity index (χ1n) is 11.9. The van der Waals surface area contributed by atoms with E-state index in [9.17, 15) is 9.59 Å². The number of nitrogens with zero attached hydrogens (tertiary/aromatic N) is 1. The van der Waals surface area contributed by atoms with Crippen LogP contribution < -0.4 is 20.1 Å². The van der Waals surface area contributed by atoms with Gasteiger partial charge in [0.15, 0.2) is 23.0 Å². The topological polar surface area (TPSA) is 112 Å². The van der Waals surface area contributed by atoms with E-state index in [1.165, 1.54) is 11.3 Å². The second-order valence-corrected chi connectivity index (χ2v) is 9.90. The number of anilines is 1. The fourth-order valence-electron chi connectivity index (χ4n) is 4.71. The molecule has 1 saturated heterocycles. The van der Waals surface area contributed by atoms with Crippen LogP contribution >= 0.6 is 11.3 Å². The van der Waals surface area contributed by atoms with Crippen LogP contribution in [0.3, 0.4) is 0 Å². The number of hydrogen-bond donors (Lipinski definition) is 2. The molecule has 4 heterocycles. The van der Waals surface area contributed by atoms with Crippen molar-refractivity contribution >= 4 is 28.2 Å². The molecule has 1 atom stereocenters. The number of benzene rings is 1. The molecule has 1 unspecified atom stereocenters. The van der Waals surface area contributed by atoms with Crippen LogP contribution in [0.2, 0.25) is 0 Å². The number of carbonyl (C=O) groups excluding carboxylic acids is 2. The number of carbonyl (C=O) groups is 2. The highest BCUT2D eigenvalue weighted by Crippen LogP contribution is 2.39. The minimum Gasteiger partial charge on any atom is -0.486 e. The average molecular weight is 496 g/mol. The highest BCUT2D eigenvalue weighted by molar-refractivity contribution is 7.17. The molecule has 2 amide bonds. The van der Waals surface area contributed by atoms with Gasteiger partial charge < -0.3 is 29.4 Å². The van der Waals surface area contributed by atoms with E-state index in [0.29, 0.717) is 47.6 Å². The molecular weight excluding hydrogens is 470 g/mol. The fourth-order valence-corrected chi connectivity index (χ4v) is 6.00. The van der Waals surface area contributed by atoms with E-state index >= 15 is 0 Å². The summed E-state index contributed by atoms with van der Waals surface area (Å²) in [5.41, 5.74) is 2.45. The van der Waals surface area contributed by atoms with Gasteiger partial charge in [-0.05, 0) is 55.9 Å². The van der Waals surface area contributed by atoms with Gasteiger partial charge in [0.25, 0.3) is 11.8 Å². The Morgan fingerprint density at radius 1 is 1.03 bits per heavy atom. The van der Waals surface area contributed by atoms with Crippen LogP contribution in [-0.2, 0) is 17.6 Å². The van der Waals surface area contributed by atoms with Gasteiger partial charge in [0.2, 0.25) is 0 Å². The van der Waals surface area contributed by atoms with Gasteiger partial charge in [-0.2, -0.15) is 0 Å². The maximum atomic E-state index is 13.1. The predicted octanol–water partition coefficient (Wildman–Crippen LogP) is 3.82. The van der Waals surface area contributed by atoms with Crippen molar-refractivity contribution in [2.45, 2.75) is 38.2 Å². The molecule has 0 bridgehead atoms. The lowest BCUT2D eigenvalue weighted by atomic mass is 10.1. The van der Waals surface area contributed by atoms with Gasteiger partial charge in [0.1, 0.15) is 18.2 Å². The zero-order valence-corrected chi connectivity index (χ0v) is 19.9. The molecule has 0 radical (unpaired) electrons. The lowest BCUT2D eigenvalue weighted by Gasteiger charge is -2.18. The summed E-state index contributed by atoms with van der Waals surface area (Å²) in [6.07, 6.45) is 4.79. The van der Waals surface area contributed by atoms with Crippen LogP contribution in [0.4, 0.5) is 5.00 Å². The zero-order chi connectivity index (χ0) is 23.8. The Morgan fingerprint density at radius 3 is 2.77 bits per heavy atom. The van der Waals surface area contributed by atoms with E-state index in [4.69, 9.17) is 18.7 Å². The first kappa shape index (κ1) is 22.1. The van der Waals surface area contributed by atoms with E-state index < -0.39 is 5.91 Å². The van der Waals surface area contributed by atoms with Gasteiger partial charge in [-0.3, -0.25) is 9.59 Å². The highest BCUT2D eigenvalue weighted by atomic mass is 32.1. The van der Waals surface area contributed by atoms with E-state index in [0.717, 1.165) is 54.7 Å². The molecule has 2 N–H and O–H groups in total. The average Bonchev–Trinajstić information content (AvgIpc) is 3.67.